The Morgan fingerprint density at radius 1 is 1.00 bits per heavy atom. The Morgan fingerprint density at radius 3 is 2.22 bits per heavy atom. The maximum absolute atomic E-state index is 13.6. The molecule has 7 nitrogen and oxygen atoms in total. The Kier molecular flexibility index (Phi) is 8.93. The fraction of sp³-hybridized carbons (Fsp3) is 0.552. The van der Waals surface area contributed by atoms with E-state index < -0.39 is 21.7 Å². The fourth-order valence-electron chi connectivity index (χ4n) is 4.95. The second-order valence-electron chi connectivity index (χ2n) is 10.4. The van der Waals surface area contributed by atoms with Crippen LogP contribution in [-0.2, 0) is 24.1 Å². The van der Waals surface area contributed by atoms with Crippen LogP contribution < -0.4 is 0 Å². The van der Waals surface area contributed by atoms with Crippen LogP contribution in [0.3, 0.4) is 0 Å². The normalized spacial score (nSPS) is 19.2. The minimum absolute atomic E-state index is 0.00485. The quantitative estimate of drug-likeness (QED) is 0.354. The number of aromatic nitrogens is 1. The summed E-state index contributed by atoms with van der Waals surface area (Å²) in [5, 5.41) is -0.273. The number of nitrogens with zero attached hydrogens (tertiary/aromatic N) is 1. The van der Waals surface area contributed by atoms with Crippen molar-refractivity contribution in [1.82, 2.24) is 4.98 Å². The van der Waals surface area contributed by atoms with E-state index in [9.17, 15) is 18.0 Å². The molecule has 1 aromatic heterocycles. The van der Waals surface area contributed by atoms with Crippen molar-refractivity contribution in [2.75, 3.05) is 20.3 Å². The summed E-state index contributed by atoms with van der Waals surface area (Å²) in [4.78, 5) is 31.3. The van der Waals surface area contributed by atoms with E-state index in [1.54, 1.807) is 50.6 Å². The summed E-state index contributed by atoms with van der Waals surface area (Å²) in [6.07, 6.45) is 5.50. The number of hydrogen-bond acceptors (Lipinski definition) is 7. The van der Waals surface area contributed by atoms with Crippen LogP contribution in [-0.4, -0.2) is 50.5 Å². The molecule has 1 saturated heterocycles. The van der Waals surface area contributed by atoms with Crippen molar-refractivity contribution in [3.05, 3.63) is 59.4 Å². The Balaban J connectivity index is 1.49. The lowest BCUT2D eigenvalue weighted by Crippen LogP contribution is -2.25. The standard InChI is InChI=1S/C29H37NO6S/c1-19(29(32)27-11-6-23(18-30-27)20(2)35-3)16-28(31)26(17-21-12-14-36-15-13-21)22-4-7-24(8-5-22)37(33,34)25-9-10-25/h4-8,11,18-21,25-26H,9-10,12-17H2,1-3H3. The lowest BCUT2D eigenvalue weighted by atomic mass is 9.80. The van der Waals surface area contributed by atoms with Crippen LogP contribution in [0, 0.1) is 11.8 Å². The summed E-state index contributed by atoms with van der Waals surface area (Å²) < 4.78 is 36.0. The van der Waals surface area contributed by atoms with Gasteiger partial charge in [-0.05, 0) is 74.3 Å². The van der Waals surface area contributed by atoms with E-state index in [-0.39, 0.29) is 29.3 Å². The largest absolute Gasteiger partial charge is 0.381 e. The van der Waals surface area contributed by atoms with Crippen molar-refractivity contribution in [3.8, 4) is 0 Å². The van der Waals surface area contributed by atoms with Crippen LogP contribution in [0.15, 0.2) is 47.5 Å². The van der Waals surface area contributed by atoms with Crippen LogP contribution in [0.4, 0.5) is 0 Å². The Bertz CT molecular complexity index is 1180. The number of hydrogen-bond donors (Lipinski definition) is 0. The van der Waals surface area contributed by atoms with Crippen molar-refractivity contribution < 1.29 is 27.5 Å². The maximum atomic E-state index is 13.6. The summed E-state index contributed by atoms with van der Waals surface area (Å²) in [5.74, 6) is -0.734. The van der Waals surface area contributed by atoms with Crippen LogP contribution in [0.1, 0.15) is 86.0 Å². The zero-order valence-electron chi connectivity index (χ0n) is 21.9. The van der Waals surface area contributed by atoms with Gasteiger partial charge in [-0.2, -0.15) is 0 Å². The number of ketones is 2. The number of rotatable bonds is 12. The van der Waals surface area contributed by atoms with Crippen LogP contribution in [0.2, 0.25) is 0 Å². The zero-order chi connectivity index (χ0) is 26.6. The highest BCUT2D eigenvalue weighted by Gasteiger charge is 2.37. The molecule has 1 saturated carbocycles. The molecular formula is C29H37NO6S. The molecule has 1 aromatic carbocycles. The molecule has 4 rings (SSSR count). The molecule has 3 unspecified atom stereocenters. The van der Waals surface area contributed by atoms with Gasteiger partial charge in [-0.25, -0.2) is 8.42 Å². The highest BCUT2D eigenvalue weighted by Crippen LogP contribution is 2.36. The molecule has 3 atom stereocenters. The van der Waals surface area contributed by atoms with Gasteiger partial charge < -0.3 is 9.47 Å². The first-order valence-electron chi connectivity index (χ1n) is 13.2. The highest BCUT2D eigenvalue weighted by molar-refractivity contribution is 7.92. The number of Topliss-reactive ketones (excluding diaryl/α,β-unsaturated/α-hetero) is 2. The Labute approximate surface area is 219 Å². The predicted molar refractivity (Wildman–Crippen MR) is 140 cm³/mol. The second-order valence-corrected chi connectivity index (χ2v) is 12.7. The summed E-state index contributed by atoms with van der Waals surface area (Å²) >= 11 is 0. The zero-order valence-corrected chi connectivity index (χ0v) is 22.7. The minimum atomic E-state index is -3.29. The summed E-state index contributed by atoms with van der Waals surface area (Å²) in [6.45, 7) is 5.04. The monoisotopic (exact) mass is 527 g/mol. The molecule has 1 aliphatic heterocycles. The lowest BCUT2D eigenvalue weighted by molar-refractivity contribution is -0.121. The third kappa shape index (κ3) is 6.72. The van der Waals surface area contributed by atoms with Gasteiger partial charge in [0.1, 0.15) is 11.5 Å². The number of carbonyl (C=O) groups excluding carboxylic acids is 2. The van der Waals surface area contributed by atoms with E-state index in [2.05, 4.69) is 4.98 Å². The number of methoxy groups -OCH3 is 1. The minimum Gasteiger partial charge on any atom is -0.381 e. The summed E-state index contributed by atoms with van der Waals surface area (Å²) in [6, 6.07) is 10.3. The van der Waals surface area contributed by atoms with Crippen molar-refractivity contribution in [2.24, 2.45) is 11.8 Å². The fourth-order valence-corrected chi connectivity index (χ4v) is 6.60. The van der Waals surface area contributed by atoms with Gasteiger partial charge in [0, 0.05) is 44.8 Å². The topological polar surface area (TPSA) is 99.6 Å². The lowest BCUT2D eigenvalue weighted by Gasteiger charge is -2.27. The smallest absolute Gasteiger partial charge is 0.184 e. The van der Waals surface area contributed by atoms with Gasteiger partial charge in [0.25, 0.3) is 0 Å². The van der Waals surface area contributed by atoms with Gasteiger partial charge in [0.2, 0.25) is 0 Å². The molecule has 8 heteroatoms. The van der Waals surface area contributed by atoms with Crippen molar-refractivity contribution in [1.29, 1.82) is 0 Å². The average molecular weight is 528 g/mol. The third-order valence-electron chi connectivity index (χ3n) is 7.69. The van der Waals surface area contributed by atoms with E-state index in [0.717, 1.165) is 24.0 Å². The van der Waals surface area contributed by atoms with E-state index in [4.69, 9.17) is 9.47 Å². The molecule has 37 heavy (non-hydrogen) atoms. The summed E-state index contributed by atoms with van der Waals surface area (Å²) in [7, 11) is -1.67. The van der Waals surface area contributed by atoms with Crippen LogP contribution in [0.25, 0.3) is 0 Å². The number of pyridine rings is 1. The highest BCUT2D eigenvalue weighted by atomic mass is 32.2. The van der Waals surface area contributed by atoms with Crippen molar-refractivity contribution in [2.45, 2.75) is 74.5 Å². The SMILES string of the molecule is COC(C)c1ccc(C(=O)C(C)CC(=O)C(CC2CCOCC2)c2ccc(S(=O)(=O)C3CC3)cc2)nc1. The van der Waals surface area contributed by atoms with Crippen molar-refractivity contribution >= 4 is 21.4 Å². The number of ether oxygens (including phenoxy) is 2. The summed E-state index contributed by atoms with van der Waals surface area (Å²) in [5.41, 5.74) is 2.02. The van der Waals surface area contributed by atoms with Crippen LogP contribution >= 0.6 is 0 Å². The van der Waals surface area contributed by atoms with Gasteiger partial charge in [-0.1, -0.05) is 25.1 Å². The van der Waals surface area contributed by atoms with Gasteiger partial charge in [0.15, 0.2) is 15.6 Å². The Morgan fingerprint density at radius 2 is 1.65 bits per heavy atom. The van der Waals surface area contributed by atoms with Gasteiger partial charge in [-0.3, -0.25) is 14.6 Å². The maximum Gasteiger partial charge on any atom is 0.184 e. The first kappa shape index (κ1) is 27.6. The number of benzene rings is 1. The molecule has 0 amide bonds. The van der Waals surface area contributed by atoms with Gasteiger partial charge >= 0.3 is 0 Å². The molecule has 0 radical (unpaired) electrons. The second kappa shape index (κ2) is 12.0. The van der Waals surface area contributed by atoms with E-state index in [1.165, 1.54) is 0 Å². The molecule has 0 N–H and O–H groups in total. The first-order valence-corrected chi connectivity index (χ1v) is 14.7. The van der Waals surface area contributed by atoms with Gasteiger partial charge in [-0.15, -0.1) is 0 Å². The van der Waals surface area contributed by atoms with E-state index in [0.29, 0.717) is 49.0 Å². The van der Waals surface area contributed by atoms with E-state index in [1.807, 2.05) is 13.0 Å². The molecule has 1 aliphatic carbocycles. The number of carbonyl (C=O) groups is 2. The molecule has 2 aromatic rings. The molecule has 0 spiro atoms. The van der Waals surface area contributed by atoms with Crippen LogP contribution in [0.5, 0.6) is 0 Å². The first-order chi connectivity index (χ1) is 17.7. The molecule has 2 aliphatic rings. The molecule has 2 fully saturated rings. The van der Waals surface area contributed by atoms with Gasteiger partial charge in [0.05, 0.1) is 16.2 Å². The third-order valence-corrected chi connectivity index (χ3v) is 9.97. The molecule has 0 bridgehead atoms. The van der Waals surface area contributed by atoms with Crippen molar-refractivity contribution in [3.63, 3.8) is 0 Å². The van der Waals surface area contributed by atoms with E-state index >= 15 is 0 Å². The Hall–Kier alpha value is -2.42. The predicted octanol–water partition coefficient (Wildman–Crippen LogP) is 5.10. The average Bonchev–Trinajstić information content (AvgIpc) is 3.78. The molecule has 2 heterocycles. The number of sulfone groups is 1. The molecular weight excluding hydrogens is 490 g/mol. The molecule has 200 valence electrons.